The van der Waals surface area contributed by atoms with Gasteiger partial charge in [-0.25, -0.2) is 4.98 Å². The van der Waals surface area contributed by atoms with Crippen LogP contribution in [-0.2, 0) is 0 Å². The number of hydrogen-bond acceptors (Lipinski definition) is 2. The van der Waals surface area contributed by atoms with Crippen molar-refractivity contribution >= 4 is 37.7 Å². The molecule has 0 aliphatic carbocycles. The minimum absolute atomic E-state index is 0.376. The highest BCUT2D eigenvalue weighted by molar-refractivity contribution is 9.08. The van der Waals surface area contributed by atoms with E-state index in [9.17, 15) is 0 Å². The van der Waals surface area contributed by atoms with E-state index < -0.39 is 0 Å². The standard InChI is InChI=1S/C16H17N3.CH3Br/c1-10-6-8-14(17-10)16-18-13-9-7-11-4-2-3-5-12(11)15(13)19-16;1-2/h2-5,7,9-10,14,17H,6,8H2,1H3,(H,18,19);1H3/t10-,14-;/m0./s1. The molecule has 0 bridgehead atoms. The number of benzene rings is 2. The smallest absolute Gasteiger partial charge is 0.124 e. The Morgan fingerprint density at radius 3 is 2.67 bits per heavy atom. The van der Waals surface area contributed by atoms with E-state index in [1.165, 1.54) is 23.6 Å². The summed E-state index contributed by atoms with van der Waals surface area (Å²) in [5.74, 6) is 2.89. The number of nitrogens with zero attached hydrogens (tertiary/aromatic N) is 1. The van der Waals surface area contributed by atoms with Crippen LogP contribution in [0.2, 0.25) is 0 Å². The molecule has 0 saturated carbocycles. The molecule has 2 N–H and O–H groups in total. The third kappa shape index (κ3) is 2.70. The zero-order valence-electron chi connectivity index (χ0n) is 12.4. The van der Waals surface area contributed by atoms with Crippen molar-refractivity contribution in [2.24, 2.45) is 0 Å². The van der Waals surface area contributed by atoms with Gasteiger partial charge < -0.3 is 10.3 Å². The second-order valence-corrected chi connectivity index (χ2v) is 5.50. The molecule has 2 aromatic carbocycles. The Bertz CT molecular complexity index is 750. The molecule has 110 valence electrons. The fourth-order valence-corrected chi connectivity index (χ4v) is 3.07. The maximum absolute atomic E-state index is 4.84. The third-order valence-corrected chi connectivity index (χ3v) is 4.10. The van der Waals surface area contributed by atoms with E-state index >= 15 is 0 Å². The van der Waals surface area contributed by atoms with Crippen LogP contribution in [0.1, 0.15) is 31.6 Å². The molecular weight excluding hydrogens is 326 g/mol. The average molecular weight is 346 g/mol. The molecule has 2 atom stereocenters. The molecule has 0 radical (unpaired) electrons. The van der Waals surface area contributed by atoms with E-state index in [2.05, 4.69) is 69.6 Å². The summed E-state index contributed by atoms with van der Waals surface area (Å²) in [6.07, 6.45) is 2.39. The first-order chi connectivity index (χ1) is 10.3. The molecule has 2 heterocycles. The van der Waals surface area contributed by atoms with Crippen LogP contribution < -0.4 is 5.32 Å². The SMILES string of the molecule is CBr.C[C@H]1CC[C@@H](c2nc3c(ccc4ccccc43)[nH]2)N1. The number of imidazole rings is 1. The number of H-pyrrole nitrogens is 1. The summed E-state index contributed by atoms with van der Waals surface area (Å²) in [5, 5.41) is 6.07. The second kappa shape index (κ2) is 6.16. The highest BCUT2D eigenvalue weighted by Crippen LogP contribution is 2.29. The second-order valence-electron chi connectivity index (χ2n) is 5.50. The number of aromatic nitrogens is 2. The monoisotopic (exact) mass is 345 g/mol. The van der Waals surface area contributed by atoms with Crippen LogP contribution in [0.5, 0.6) is 0 Å². The Morgan fingerprint density at radius 2 is 1.90 bits per heavy atom. The van der Waals surface area contributed by atoms with Gasteiger partial charge in [-0.05, 0) is 37.1 Å². The molecule has 1 aliphatic heterocycles. The zero-order chi connectivity index (χ0) is 14.8. The van der Waals surface area contributed by atoms with Crippen molar-refractivity contribution < 1.29 is 0 Å². The number of aromatic amines is 1. The maximum atomic E-state index is 4.84. The molecule has 3 nitrogen and oxygen atoms in total. The summed E-state index contributed by atoms with van der Waals surface area (Å²) >= 11 is 2.94. The van der Waals surface area contributed by atoms with Crippen LogP contribution in [0.15, 0.2) is 36.4 Å². The van der Waals surface area contributed by atoms with Crippen molar-refractivity contribution in [3.63, 3.8) is 0 Å². The fraction of sp³-hybridized carbons (Fsp3) is 0.353. The number of rotatable bonds is 1. The molecule has 3 aromatic rings. The average Bonchev–Trinajstić information content (AvgIpc) is 3.15. The fourth-order valence-electron chi connectivity index (χ4n) is 3.07. The van der Waals surface area contributed by atoms with Crippen molar-refractivity contribution in [3.05, 3.63) is 42.2 Å². The summed E-state index contributed by atoms with van der Waals surface area (Å²) in [4.78, 5) is 8.32. The van der Waals surface area contributed by atoms with Gasteiger partial charge in [-0.3, -0.25) is 0 Å². The van der Waals surface area contributed by atoms with Gasteiger partial charge in [-0.1, -0.05) is 46.3 Å². The first kappa shape index (κ1) is 14.5. The molecule has 1 aliphatic rings. The number of alkyl halides is 1. The topological polar surface area (TPSA) is 40.7 Å². The lowest BCUT2D eigenvalue weighted by Crippen LogP contribution is -2.21. The van der Waals surface area contributed by atoms with Gasteiger partial charge in [-0.15, -0.1) is 0 Å². The quantitative estimate of drug-likeness (QED) is 0.635. The molecule has 21 heavy (non-hydrogen) atoms. The van der Waals surface area contributed by atoms with Crippen LogP contribution >= 0.6 is 15.9 Å². The van der Waals surface area contributed by atoms with Gasteiger partial charge >= 0.3 is 0 Å². The summed E-state index contributed by atoms with van der Waals surface area (Å²) < 4.78 is 0. The van der Waals surface area contributed by atoms with Crippen molar-refractivity contribution in [1.29, 1.82) is 0 Å². The highest BCUT2D eigenvalue weighted by atomic mass is 79.9. The summed E-state index contributed by atoms with van der Waals surface area (Å²) in [6, 6.07) is 13.7. The van der Waals surface area contributed by atoms with Crippen molar-refractivity contribution in [3.8, 4) is 0 Å². The Balaban J connectivity index is 0.000000636. The normalized spacial score (nSPS) is 21.5. The van der Waals surface area contributed by atoms with Crippen LogP contribution in [-0.4, -0.2) is 21.8 Å². The molecule has 1 fully saturated rings. The minimum atomic E-state index is 0.376. The summed E-state index contributed by atoms with van der Waals surface area (Å²) in [5.41, 5.74) is 2.23. The van der Waals surface area contributed by atoms with E-state index in [0.29, 0.717) is 12.1 Å². The Hall–Kier alpha value is -1.39. The van der Waals surface area contributed by atoms with Crippen molar-refractivity contribution in [2.45, 2.75) is 31.8 Å². The summed E-state index contributed by atoms with van der Waals surface area (Å²) in [7, 11) is 0. The largest absolute Gasteiger partial charge is 0.341 e. The van der Waals surface area contributed by atoms with Crippen LogP contribution in [0.25, 0.3) is 21.8 Å². The van der Waals surface area contributed by atoms with Gasteiger partial charge in [-0.2, -0.15) is 0 Å². The van der Waals surface area contributed by atoms with Gasteiger partial charge in [0.15, 0.2) is 0 Å². The van der Waals surface area contributed by atoms with E-state index in [4.69, 9.17) is 4.98 Å². The Labute approximate surface area is 133 Å². The lowest BCUT2D eigenvalue weighted by atomic mass is 10.1. The molecule has 0 unspecified atom stereocenters. The summed E-state index contributed by atoms with van der Waals surface area (Å²) in [6.45, 7) is 2.23. The Kier molecular flexibility index (Phi) is 4.27. The molecule has 1 aromatic heterocycles. The number of fused-ring (bicyclic) bond motifs is 3. The lowest BCUT2D eigenvalue weighted by Gasteiger charge is -2.07. The van der Waals surface area contributed by atoms with E-state index in [1.54, 1.807) is 0 Å². The van der Waals surface area contributed by atoms with Gasteiger partial charge in [0.25, 0.3) is 0 Å². The van der Waals surface area contributed by atoms with Gasteiger partial charge in [0.2, 0.25) is 0 Å². The predicted octanol–water partition coefficient (Wildman–Crippen LogP) is 4.54. The van der Waals surface area contributed by atoms with Gasteiger partial charge in [0, 0.05) is 11.4 Å². The highest BCUT2D eigenvalue weighted by Gasteiger charge is 2.24. The van der Waals surface area contributed by atoms with Crippen LogP contribution in [0.3, 0.4) is 0 Å². The number of hydrogen-bond donors (Lipinski definition) is 2. The van der Waals surface area contributed by atoms with Crippen LogP contribution in [0, 0.1) is 0 Å². The van der Waals surface area contributed by atoms with Crippen molar-refractivity contribution in [2.75, 3.05) is 5.83 Å². The predicted molar refractivity (Wildman–Crippen MR) is 93.0 cm³/mol. The van der Waals surface area contributed by atoms with E-state index in [0.717, 1.165) is 16.9 Å². The van der Waals surface area contributed by atoms with Crippen molar-refractivity contribution in [1.82, 2.24) is 15.3 Å². The van der Waals surface area contributed by atoms with Gasteiger partial charge in [0.05, 0.1) is 17.1 Å². The maximum Gasteiger partial charge on any atom is 0.124 e. The van der Waals surface area contributed by atoms with Crippen LogP contribution in [0.4, 0.5) is 0 Å². The third-order valence-electron chi connectivity index (χ3n) is 4.10. The molecule has 4 rings (SSSR count). The van der Waals surface area contributed by atoms with E-state index in [1.807, 2.05) is 5.83 Å². The molecule has 1 saturated heterocycles. The number of nitrogens with one attached hydrogen (secondary N) is 2. The molecular formula is C17H20BrN3. The zero-order valence-corrected chi connectivity index (χ0v) is 13.9. The first-order valence-electron chi connectivity index (χ1n) is 7.32. The molecule has 0 amide bonds. The first-order valence-corrected chi connectivity index (χ1v) is 8.91. The Morgan fingerprint density at radius 1 is 1.10 bits per heavy atom. The molecule has 0 spiro atoms. The lowest BCUT2D eigenvalue weighted by molar-refractivity contribution is 0.565. The van der Waals surface area contributed by atoms with E-state index in [-0.39, 0.29) is 0 Å². The number of halogens is 1. The minimum Gasteiger partial charge on any atom is -0.341 e. The molecule has 4 heteroatoms. The van der Waals surface area contributed by atoms with Gasteiger partial charge in [0.1, 0.15) is 5.82 Å².